The largest absolute Gasteiger partial charge is 0.496 e. The van der Waals surface area contributed by atoms with Crippen LogP contribution in [0.15, 0.2) is 42.7 Å². The van der Waals surface area contributed by atoms with Gasteiger partial charge in [-0.25, -0.2) is 9.97 Å². The highest BCUT2D eigenvalue weighted by atomic mass is 16.5. The lowest BCUT2D eigenvalue weighted by Crippen LogP contribution is -2.14. The minimum Gasteiger partial charge on any atom is -0.496 e. The van der Waals surface area contributed by atoms with Gasteiger partial charge in [0, 0.05) is 18.8 Å². The maximum absolute atomic E-state index is 11.8. The van der Waals surface area contributed by atoms with E-state index in [2.05, 4.69) is 15.3 Å². The maximum atomic E-state index is 11.8. The van der Waals surface area contributed by atoms with E-state index < -0.39 is 0 Å². The molecule has 0 saturated heterocycles. The quantitative estimate of drug-likeness (QED) is 0.890. The maximum Gasteiger partial charge on any atom is 0.229 e. The van der Waals surface area contributed by atoms with Gasteiger partial charge >= 0.3 is 0 Å². The van der Waals surface area contributed by atoms with Crippen LogP contribution < -0.4 is 10.1 Å². The molecule has 0 unspecified atom stereocenters. The summed E-state index contributed by atoms with van der Waals surface area (Å²) in [6.45, 7) is 0. The lowest BCUT2D eigenvalue weighted by Gasteiger charge is -2.07. The molecule has 0 radical (unpaired) electrons. The molecule has 1 amide bonds. The van der Waals surface area contributed by atoms with Crippen molar-refractivity contribution in [3.05, 3.63) is 48.3 Å². The van der Waals surface area contributed by atoms with Gasteiger partial charge in [0.25, 0.3) is 0 Å². The van der Waals surface area contributed by atoms with E-state index in [1.807, 2.05) is 24.3 Å². The van der Waals surface area contributed by atoms with Crippen molar-refractivity contribution in [1.29, 1.82) is 0 Å². The molecule has 1 aromatic carbocycles. The van der Waals surface area contributed by atoms with Crippen molar-refractivity contribution in [1.82, 2.24) is 9.97 Å². The summed E-state index contributed by atoms with van der Waals surface area (Å²) in [4.78, 5) is 19.6. The third kappa shape index (κ3) is 3.77. The van der Waals surface area contributed by atoms with E-state index in [0.29, 0.717) is 18.8 Å². The average Bonchev–Trinajstić information content (AvgIpc) is 2.46. The number of nitrogens with zero attached hydrogens (tertiary/aromatic N) is 2. The van der Waals surface area contributed by atoms with Crippen LogP contribution in [0.2, 0.25) is 0 Å². The minimum atomic E-state index is -0.114. The van der Waals surface area contributed by atoms with E-state index in [1.165, 1.54) is 0 Å². The molecule has 2 aromatic rings. The summed E-state index contributed by atoms with van der Waals surface area (Å²) in [7, 11) is 1.62. The summed E-state index contributed by atoms with van der Waals surface area (Å²) in [6, 6.07) is 9.36. The summed E-state index contributed by atoms with van der Waals surface area (Å²) in [5.74, 6) is 1.01. The Morgan fingerprint density at radius 3 is 2.68 bits per heavy atom. The molecule has 0 aliphatic carbocycles. The first-order valence-electron chi connectivity index (χ1n) is 5.98. The molecule has 1 heterocycles. The second kappa shape index (κ2) is 6.49. The standard InChI is InChI=1S/C14H15N3O2/c1-19-12-6-3-2-5-11(12)7-8-13(18)17-14-15-9-4-10-16-14/h2-6,9-10H,7-8H2,1H3,(H,15,16,17,18). The van der Waals surface area contributed by atoms with Crippen LogP contribution in [0, 0.1) is 0 Å². The predicted octanol–water partition coefficient (Wildman–Crippen LogP) is 2.06. The third-order valence-corrected chi connectivity index (χ3v) is 2.63. The van der Waals surface area contributed by atoms with E-state index in [-0.39, 0.29) is 5.91 Å². The normalized spacial score (nSPS) is 9.95. The lowest BCUT2D eigenvalue weighted by molar-refractivity contribution is -0.116. The smallest absolute Gasteiger partial charge is 0.229 e. The number of rotatable bonds is 5. The molecular formula is C14H15N3O2. The number of anilines is 1. The molecule has 5 heteroatoms. The molecule has 0 saturated carbocycles. The van der Waals surface area contributed by atoms with Crippen molar-refractivity contribution in [3.63, 3.8) is 0 Å². The molecule has 1 N–H and O–H groups in total. The number of hydrogen-bond acceptors (Lipinski definition) is 4. The highest BCUT2D eigenvalue weighted by molar-refractivity contribution is 5.89. The summed E-state index contributed by atoms with van der Waals surface area (Å²) in [6.07, 6.45) is 4.15. The minimum absolute atomic E-state index is 0.114. The van der Waals surface area contributed by atoms with E-state index in [1.54, 1.807) is 25.6 Å². The molecule has 19 heavy (non-hydrogen) atoms. The number of para-hydroxylation sites is 1. The molecule has 1 aromatic heterocycles. The van der Waals surface area contributed by atoms with Crippen molar-refractivity contribution in [2.75, 3.05) is 12.4 Å². The van der Waals surface area contributed by atoms with Crippen LogP contribution in [0.5, 0.6) is 5.75 Å². The topological polar surface area (TPSA) is 64.1 Å². The van der Waals surface area contributed by atoms with Crippen LogP contribution in [0.3, 0.4) is 0 Å². The zero-order valence-corrected chi connectivity index (χ0v) is 10.7. The molecule has 0 fully saturated rings. The van der Waals surface area contributed by atoms with Gasteiger partial charge in [-0.3, -0.25) is 10.1 Å². The summed E-state index contributed by atoms with van der Waals surface area (Å²) < 4.78 is 5.24. The zero-order chi connectivity index (χ0) is 13.5. The Balaban J connectivity index is 1.90. The highest BCUT2D eigenvalue weighted by Gasteiger charge is 2.07. The summed E-state index contributed by atoms with van der Waals surface area (Å²) in [5, 5.41) is 2.65. The SMILES string of the molecule is COc1ccccc1CCC(=O)Nc1ncccn1. The molecule has 0 aliphatic rings. The van der Waals surface area contributed by atoms with Crippen molar-refractivity contribution in [3.8, 4) is 5.75 Å². The first kappa shape index (κ1) is 13.0. The van der Waals surface area contributed by atoms with E-state index in [9.17, 15) is 4.79 Å². The molecule has 2 rings (SSSR count). The fourth-order valence-electron chi connectivity index (χ4n) is 1.71. The number of carbonyl (C=O) groups excluding carboxylic acids is 1. The Kier molecular flexibility index (Phi) is 4.44. The first-order valence-corrected chi connectivity index (χ1v) is 5.98. The Labute approximate surface area is 111 Å². The number of hydrogen-bond donors (Lipinski definition) is 1. The van der Waals surface area contributed by atoms with Gasteiger partial charge in [0.15, 0.2) is 0 Å². The Morgan fingerprint density at radius 1 is 1.21 bits per heavy atom. The molecule has 0 aliphatic heterocycles. The number of ether oxygens (including phenoxy) is 1. The van der Waals surface area contributed by atoms with Gasteiger partial charge < -0.3 is 4.74 Å². The van der Waals surface area contributed by atoms with Gasteiger partial charge in [0.2, 0.25) is 11.9 Å². The van der Waals surface area contributed by atoms with Gasteiger partial charge in [-0.2, -0.15) is 0 Å². The number of amides is 1. The number of benzene rings is 1. The second-order valence-corrected chi connectivity index (χ2v) is 3.93. The second-order valence-electron chi connectivity index (χ2n) is 3.93. The Morgan fingerprint density at radius 2 is 1.95 bits per heavy atom. The Bertz CT molecular complexity index is 543. The van der Waals surface area contributed by atoms with Gasteiger partial charge in [-0.15, -0.1) is 0 Å². The number of aryl methyl sites for hydroxylation is 1. The van der Waals surface area contributed by atoms with Gasteiger partial charge in [0.05, 0.1) is 7.11 Å². The monoisotopic (exact) mass is 257 g/mol. The van der Waals surface area contributed by atoms with Crippen LogP contribution in [0.1, 0.15) is 12.0 Å². The zero-order valence-electron chi connectivity index (χ0n) is 10.7. The van der Waals surface area contributed by atoms with E-state index >= 15 is 0 Å². The molecule has 5 nitrogen and oxygen atoms in total. The molecule has 0 spiro atoms. The Hall–Kier alpha value is -2.43. The van der Waals surface area contributed by atoms with Gasteiger partial charge in [-0.1, -0.05) is 18.2 Å². The van der Waals surface area contributed by atoms with Crippen molar-refractivity contribution in [2.24, 2.45) is 0 Å². The summed E-state index contributed by atoms with van der Waals surface area (Å²) in [5.41, 5.74) is 1.01. The number of carbonyl (C=O) groups is 1. The van der Waals surface area contributed by atoms with Crippen LogP contribution in [-0.2, 0) is 11.2 Å². The van der Waals surface area contributed by atoms with Gasteiger partial charge in [0.1, 0.15) is 5.75 Å². The average molecular weight is 257 g/mol. The first-order chi connectivity index (χ1) is 9.29. The van der Waals surface area contributed by atoms with Crippen molar-refractivity contribution in [2.45, 2.75) is 12.8 Å². The number of nitrogens with one attached hydrogen (secondary N) is 1. The van der Waals surface area contributed by atoms with Crippen molar-refractivity contribution < 1.29 is 9.53 Å². The predicted molar refractivity (Wildman–Crippen MR) is 72.0 cm³/mol. The fraction of sp³-hybridized carbons (Fsp3) is 0.214. The van der Waals surface area contributed by atoms with Crippen LogP contribution >= 0.6 is 0 Å². The molecule has 98 valence electrons. The van der Waals surface area contributed by atoms with Gasteiger partial charge in [-0.05, 0) is 24.1 Å². The number of aromatic nitrogens is 2. The summed E-state index contributed by atoms with van der Waals surface area (Å²) >= 11 is 0. The van der Waals surface area contributed by atoms with Crippen LogP contribution in [0.25, 0.3) is 0 Å². The van der Waals surface area contributed by atoms with Crippen LogP contribution in [0.4, 0.5) is 5.95 Å². The van der Waals surface area contributed by atoms with Crippen molar-refractivity contribution >= 4 is 11.9 Å². The molecule has 0 bridgehead atoms. The lowest BCUT2D eigenvalue weighted by atomic mass is 10.1. The van der Waals surface area contributed by atoms with E-state index in [0.717, 1.165) is 11.3 Å². The number of methoxy groups -OCH3 is 1. The third-order valence-electron chi connectivity index (χ3n) is 2.63. The van der Waals surface area contributed by atoms with E-state index in [4.69, 9.17) is 4.74 Å². The fourth-order valence-corrected chi connectivity index (χ4v) is 1.71. The van der Waals surface area contributed by atoms with Crippen LogP contribution in [-0.4, -0.2) is 23.0 Å². The highest BCUT2D eigenvalue weighted by Crippen LogP contribution is 2.18. The molecule has 0 atom stereocenters. The molecular weight excluding hydrogens is 242 g/mol.